The molecule has 88 valence electrons. The van der Waals surface area contributed by atoms with Gasteiger partial charge in [-0.15, -0.1) is 0 Å². The summed E-state index contributed by atoms with van der Waals surface area (Å²) in [5.74, 6) is -2.50. The first-order chi connectivity index (χ1) is 7.04. The van der Waals surface area contributed by atoms with Gasteiger partial charge < -0.3 is 21.3 Å². The molecule has 0 spiro atoms. The smallest absolute Gasteiger partial charge is 0.321 e. The molecule has 1 aliphatic rings. The van der Waals surface area contributed by atoms with Crippen LogP contribution in [0, 0.1) is 0 Å². The first-order valence-corrected chi connectivity index (χ1v) is 4.95. The molecule has 0 aromatic carbocycles. The molecule has 0 saturated carbocycles. The normalized spacial score (nSPS) is 17.1. The molecule has 6 heteroatoms. The van der Waals surface area contributed by atoms with Crippen molar-refractivity contribution in [2.75, 3.05) is 13.1 Å². The summed E-state index contributed by atoms with van der Waals surface area (Å²) in [4.78, 5) is 19.6. The highest BCUT2D eigenvalue weighted by atomic mass is 16.4. The van der Waals surface area contributed by atoms with Crippen LogP contribution in [0.15, 0.2) is 0 Å². The molecule has 1 aliphatic heterocycles. The molecule has 0 aromatic heterocycles. The summed E-state index contributed by atoms with van der Waals surface area (Å²) in [6.07, 6.45) is 3.68. The number of nitrogens with two attached hydrogens (primary N) is 1. The molecule has 0 bridgehead atoms. The molecule has 5 N–H and O–H groups in total. The molecule has 0 unspecified atom stereocenters. The Bertz CT molecular complexity index is 193. The van der Waals surface area contributed by atoms with Gasteiger partial charge in [0.05, 0.1) is 6.42 Å². The van der Waals surface area contributed by atoms with Crippen molar-refractivity contribution in [1.29, 1.82) is 0 Å². The van der Waals surface area contributed by atoms with Crippen LogP contribution in [0.2, 0.25) is 0 Å². The van der Waals surface area contributed by atoms with Crippen LogP contribution in [0.1, 0.15) is 25.7 Å². The Morgan fingerprint density at radius 3 is 1.87 bits per heavy atom. The second-order valence-electron chi connectivity index (χ2n) is 3.35. The Kier molecular flexibility index (Phi) is 7.57. The Balaban J connectivity index is 0.000000280. The maximum absolute atomic E-state index is 9.85. The topological polar surface area (TPSA) is 113 Å². The summed E-state index contributed by atoms with van der Waals surface area (Å²) < 4.78 is 0. The molecule has 1 fully saturated rings. The van der Waals surface area contributed by atoms with E-state index in [1.165, 1.54) is 32.4 Å². The number of carboxylic acid groups (broad SMARTS) is 2. The first kappa shape index (κ1) is 13.9. The number of hydrogen-bond acceptors (Lipinski definition) is 4. The number of aliphatic carboxylic acids is 2. The lowest BCUT2D eigenvalue weighted by Gasteiger charge is -2.08. The molecular weight excluding hydrogens is 200 g/mol. The molecule has 1 saturated heterocycles. The fourth-order valence-electron chi connectivity index (χ4n) is 1.08. The largest absolute Gasteiger partial charge is 0.481 e. The number of carbonyl (C=O) groups is 2. The van der Waals surface area contributed by atoms with E-state index in [9.17, 15) is 9.59 Å². The third kappa shape index (κ3) is 9.17. The highest BCUT2D eigenvalue weighted by molar-refractivity contribution is 5.80. The van der Waals surface area contributed by atoms with Gasteiger partial charge >= 0.3 is 11.9 Å². The van der Waals surface area contributed by atoms with Crippen molar-refractivity contribution in [3.8, 4) is 0 Å². The number of nitrogens with one attached hydrogen (secondary N) is 1. The van der Waals surface area contributed by atoms with E-state index in [1.807, 2.05) is 0 Å². The van der Waals surface area contributed by atoms with Gasteiger partial charge in [-0.25, -0.2) is 0 Å². The second kappa shape index (κ2) is 8.19. The van der Waals surface area contributed by atoms with Crippen LogP contribution >= 0.6 is 0 Å². The minimum absolute atomic E-state index is 0.532. The fraction of sp³-hybridized carbons (Fsp3) is 0.778. The Morgan fingerprint density at radius 1 is 1.20 bits per heavy atom. The van der Waals surface area contributed by atoms with Gasteiger partial charge in [0.25, 0.3) is 0 Å². The Labute approximate surface area is 88.5 Å². The predicted octanol–water partition coefficient (Wildman–Crippen LogP) is -0.367. The van der Waals surface area contributed by atoms with E-state index in [2.05, 4.69) is 5.32 Å². The Hall–Kier alpha value is -1.14. The summed E-state index contributed by atoms with van der Waals surface area (Å²) >= 11 is 0. The standard InChI is InChI=1S/C5H11N.C4H7NO4/c1-2-4-6-5-3-1;5-2(4(8)9)1-3(6)7/h6H,1-5H2;2H,1,5H2,(H,6,7)(H,8,9)/t;2-/m.0/s1. The minimum atomic E-state index is -1.29. The zero-order valence-corrected chi connectivity index (χ0v) is 8.61. The van der Waals surface area contributed by atoms with Crippen LogP contribution in [-0.4, -0.2) is 41.3 Å². The van der Waals surface area contributed by atoms with Gasteiger partial charge in [0.1, 0.15) is 6.04 Å². The SMILES string of the molecule is C1CCNCC1.N[C@@H](CC(=O)O)C(=O)O. The number of piperidine rings is 1. The van der Waals surface area contributed by atoms with Crippen molar-refractivity contribution >= 4 is 11.9 Å². The van der Waals surface area contributed by atoms with E-state index in [0.717, 1.165) is 0 Å². The van der Waals surface area contributed by atoms with Crippen LogP contribution < -0.4 is 11.1 Å². The molecule has 15 heavy (non-hydrogen) atoms. The lowest BCUT2D eigenvalue weighted by atomic mass is 10.2. The summed E-state index contributed by atoms with van der Waals surface area (Å²) in [6, 6.07) is -1.29. The maximum atomic E-state index is 9.85. The number of rotatable bonds is 3. The van der Waals surface area contributed by atoms with Crippen molar-refractivity contribution in [3.05, 3.63) is 0 Å². The zero-order valence-electron chi connectivity index (χ0n) is 8.61. The molecule has 0 amide bonds. The van der Waals surface area contributed by atoms with Crippen molar-refractivity contribution in [2.24, 2.45) is 5.73 Å². The molecule has 0 radical (unpaired) electrons. The van der Waals surface area contributed by atoms with Crippen molar-refractivity contribution in [2.45, 2.75) is 31.7 Å². The molecule has 1 heterocycles. The van der Waals surface area contributed by atoms with E-state index < -0.39 is 24.4 Å². The quantitative estimate of drug-likeness (QED) is 0.514. The van der Waals surface area contributed by atoms with E-state index in [-0.39, 0.29) is 0 Å². The monoisotopic (exact) mass is 218 g/mol. The molecule has 1 atom stereocenters. The first-order valence-electron chi connectivity index (χ1n) is 4.95. The summed E-state index contributed by atoms with van der Waals surface area (Å²) in [6.45, 7) is 2.50. The number of carboxylic acids is 2. The van der Waals surface area contributed by atoms with E-state index in [4.69, 9.17) is 15.9 Å². The van der Waals surface area contributed by atoms with Crippen molar-refractivity contribution in [1.82, 2.24) is 5.32 Å². The van der Waals surface area contributed by atoms with Crippen LogP contribution in [0.5, 0.6) is 0 Å². The Morgan fingerprint density at radius 2 is 1.73 bits per heavy atom. The molecule has 0 aliphatic carbocycles. The van der Waals surface area contributed by atoms with Crippen LogP contribution in [-0.2, 0) is 9.59 Å². The molecule has 6 nitrogen and oxygen atoms in total. The molecular formula is C9H18N2O4. The maximum Gasteiger partial charge on any atom is 0.321 e. The average molecular weight is 218 g/mol. The fourth-order valence-corrected chi connectivity index (χ4v) is 1.08. The third-order valence-corrected chi connectivity index (χ3v) is 1.92. The predicted molar refractivity (Wildman–Crippen MR) is 54.6 cm³/mol. The van der Waals surface area contributed by atoms with Gasteiger partial charge in [-0.3, -0.25) is 9.59 Å². The second-order valence-corrected chi connectivity index (χ2v) is 3.35. The molecule has 0 aromatic rings. The van der Waals surface area contributed by atoms with E-state index >= 15 is 0 Å². The summed E-state index contributed by atoms with van der Waals surface area (Å²) in [5.41, 5.74) is 4.84. The lowest BCUT2D eigenvalue weighted by molar-refractivity contribution is -0.144. The van der Waals surface area contributed by atoms with Crippen LogP contribution in [0.4, 0.5) is 0 Å². The van der Waals surface area contributed by atoms with Gasteiger partial charge in [0.15, 0.2) is 0 Å². The van der Waals surface area contributed by atoms with Gasteiger partial charge in [-0.2, -0.15) is 0 Å². The lowest BCUT2D eigenvalue weighted by Crippen LogP contribution is -2.32. The number of hydrogen-bond donors (Lipinski definition) is 4. The van der Waals surface area contributed by atoms with Crippen LogP contribution in [0.25, 0.3) is 0 Å². The summed E-state index contributed by atoms with van der Waals surface area (Å²) in [7, 11) is 0. The van der Waals surface area contributed by atoms with E-state index in [0.29, 0.717) is 0 Å². The summed E-state index contributed by atoms with van der Waals surface area (Å²) in [5, 5.41) is 19.3. The average Bonchev–Trinajstić information content (AvgIpc) is 2.20. The van der Waals surface area contributed by atoms with Crippen molar-refractivity contribution in [3.63, 3.8) is 0 Å². The molecule has 1 rings (SSSR count). The zero-order chi connectivity index (χ0) is 11.7. The highest BCUT2D eigenvalue weighted by Gasteiger charge is 2.14. The van der Waals surface area contributed by atoms with Gasteiger partial charge in [0.2, 0.25) is 0 Å². The minimum Gasteiger partial charge on any atom is -0.481 e. The van der Waals surface area contributed by atoms with Crippen LogP contribution in [0.3, 0.4) is 0 Å². The van der Waals surface area contributed by atoms with Crippen molar-refractivity contribution < 1.29 is 19.8 Å². The highest BCUT2D eigenvalue weighted by Crippen LogP contribution is 1.96. The van der Waals surface area contributed by atoms with E-state index in [1.54, 1.807) is 0 Å². The van der Waals surface area contributed by atoms with Gasteiger partial charge in [-0.1, -0.05) is 6.42 Å². The third-order valence-electron chi connectivity index (χ3n) is 1.92. The van der Waals surface area contributed by atoms with Gasteiger partial charge in [-0.05, 0) is 25.9 Å². The van der Waals surface area contributed by atoms with Gasteiger partial charge in [0, 0.05) is 0 Å².